The van der Waals surface area contributed by atoms with Gasteiger partial charge in [-0.05, 0) is 49.2 Å². The molecule has 0 aromatic heterocycles. The molecule has 0 spiro atoms. The second-order valence-corrected chi connectivity index (χ2v) is 6.56. The van der Waals surface area contributed by atoms with Gasteiger partial charge < -0.3 is 9.47 Å². The van der Waals surface area contributed by atoms with E-state index in [1.54, 1.807) is 24.3 Å². The smallest absolute Gasteiger partial charge is 0.159 e. The third-order valence-electron chi connectivity index (χ3n) is 4.32. The van der Waals surface area contributed by atoms with Crippen LogP contribution in [0.1, 0.15) is 45.7 Å². The maximum absolute atomic E-state index is 11.4. The van der Waals surface area contributed by atoms with Gasteiger partial charge in [-0.2, -0.15) is 0 Å². The fraction of sp³-hybridized carbons (Fsp3) is 0.167. The van der Waals surface area contributed by atoms with Crippen LogP contribution >= 0.6 is 0 Å². The molecular weight excluding hydrogens is 352 g/mol. The molecule has 0 aliphatic heterocycles. The Kier molecular flexibility index (Phi) is 6.22. The molecule has 3 aromatic rings. The van der Waals surface area contributed by atoms with Gasteiger partial charge in [0, 0.05) is 11.1 Å². The molecule has 0 unspecified atom stereocenters. The first-order valence-corrected chi connectivity index (χ1v) is 9.07. The lowest BCUT2D eigenvalue weighted by molar-refractivity contribution is 0.100. The average molecular weight is 374 g/mol. The van der Waals surface area contributed by atoms with Crippen molar-refractivity contribution in [1.29, 1.82) is 0 Å². The van der Waals surface area contributed by atoms with Gasteiger partial charge in [0.1, 0.15) is 24.7 Å². The molecule has 0 bridgehead atoms. The fourth-order valence-corrected chi connectivity index (χ4v) is 2.67. The predicted octanol–water partition coefficient (Wildman–Crippen LogP) is 5.25. The minimum Gasteiger partial charge on any atom is -0.489 e. The summed E-state index contributed by atoms with van der Waals surface area (Å²) in [6, 6.07) is 22.3. The third kappa shape index (κ3) is 5.30. The molecule has 0 fully saturated rings. The molecule has 0 aliphatic carbocycles. The van der Waals surface area contributed by atoms with Gasteiger partial charge in [-0.1, -0.05) is 48.5 Å². The Hall–Kier alpha value is -3.40. The topological polar surface area (TPSA) is 52.6 Å². The maximum atomic E-state index is 11.4. The largest absolute Gasteiger partial charge is 0.489 e. The molecular formula is C24H22O4. The first kappa shape index (κ1) is 19.4. The average Bonchev–Trinajstić information content (AvgIpc) is 2.72. The summed E-state index contributed by atoms with van der Waals surface area (Å²) in [6.07, 6.45) is 0. The minimum absolute atomic E-state index is 0.0173. The van der Waals surface area contributed by atoms with Crippen molar-refractivity contribution in [2.75, 3.05) is 0 Å². The van der Waals surface area contributed by atoms with Crippen LogP contribution in [0.2, 0.25) is 0 Å². The van der Waals surface area contributed by atoms with E-state index >= 15 is 0 Å². The fourth-order valence-electron chi connectivity index (χ4n) is 2.67. The van der Waals surface area contributed by atoms with E-state index in [9.17, 15) is 9.59 Å². The lowest BCUT2D eigenvalue weighted by atomic mass is 10.1. The highest BCUT2D eigenvalue weighted by Gasteiger charge is 2.04. The Bertz CT molecular complexity index is 893. The van der Waals surface area contributed by atoms with E-state index in [2.05, 4.69) is 0 Å². The molecule has 4 heteroatoms. The standard InChI is InChI=1S/C24H22O4/c1-17(25)21-5-3-7-23(13-21)27-15-19-9-11-20(12-10-19)16-28-24-8-4-6-22(14-24)18(2)26/h3-14H,15-16H2,1-2H3. The quantitative estimate of drug-likeness (QED) is 0.505. The summed E-state index contributed by atoms with van der Waals surface area (Å²) in [5.74, 6) is 1.38. The van der Waals surface area contributed by atoms with E-state index in [1.165, 1.54) is 13.8 Å². The molecule has 0 saturated heterocycles. The SMILES string of the molecule is CC(=O)c1cccc(OCc2ccc(COc3cccc(C(C)=O)c3)cc2)c1. The molecule has 28 heavy (non-hydrogen) atoms. The van der Waals surface area contributed by atoms with Crippen molar-refractivity contribution < 1.29 is 19.1 Å². The van der Waals surface area contributed by atoms with E-state index in [4.69, 9.17) is 9.47 Å². The van der Waals surface area contributed by atoms with Gasteiger partial charge in [-0.15, -0.1) is 0 Å². The highest BCUT2D eigenvalue weighted by molar-refractivity contribution is 5.94. The third-order valence-corrected chi connectivity index (χ3v) is 4.32. The number of carbonyl (C=O) groups is 2. The van der Waals surface area contributed by atoms with Crippen LogP contribution in [-0.4, -0.2) is 11.6 Å². The molecule has 0 heterocycles. The maximum Gasteiger partial charge on any atom is 0.159 e. The van der Waals surface area contributed by atoms with Gasteiger partial charge in [0.2, 0.25) is 0 Å². The molecule has 0 saturated carbocycles. The minimum atomic E-state index is 0.0173. The summed E-state index contributed by atoms with van der Waals surface area (Å²) in [5, 5.41) is 0. The lowest BCUT2D eigenvalue weighted by Gasteiger charge is -2.09. The van der Waals surface area contributed by atoms with Gasteiger partial charge in [0.25, 0.3) is 0 Å². The zero-order valence-electron chi connectivity index (χ0n) is 16.0. The van der Waals surface area contributed by atoms with Gasteiger partial charge in [-0.3, -0.25) is 9.59 Å². The number of benzene rings is 3. The second kappa shape index (κ2) is 9.00. The normalized spacial score (nSPS) is 10.4. The van der Waals surface area contributed by atoms with E-state index < -0.39 is 0 Å². The summed E-state index contributed by atoms with van der Waals surface area (Å²) in [4.78, 5) is 22.9. The first-order valence-electron chi connectivity index (χ1n) is 9.07. The number of ketones is 2. The van der Waals surface area contributed by atoms with Gasteiger partial charge in [0.15, 0.2) is 11.6 Å². The summed E-state index contributed by atoms with van der Waals surface area (Å²) in [6.45, 7) is 3.92. The summed E-state index contributed by atoms with van der Waals surface area (Å²) in [5.41, 5.74) is 3.32. The number of hydrogen-bond acceptors (Lipinski definition) is 4. The van der Waals surface area contributed by atoms with Crippen LogP contribution in [0.5, 0.6) is 11.5 Å². The molecule has 4 nitrogen and oxygen atoms in total. The van der Waals surface area contributed by atoms with Crippen molar-refractivity contribution >= 4 is 11.6 Å². The molecule has 0 N–H and O–H groups in total. The van der Waals surface area contributed by atoms with Crippen molar-refractivity contribution in [1.82, 2.24) is 0 Å². The van der Waals surface area contributed by atoms with Crippen molar-refractivity contribution in [3.8, 4) is 11.5 Å². The Morgan fingerprint density at radius 2 is 1.04 bits per heavy atom. The van der Waals surface area contributed by atoms with Crippen molar-refractivity contribution in [2.24, 2.45) is 0 Å². The zero-order valence-corrected chi connectivity index (χ0v) is 16.0. The molecule has 142 valence electrons. The lowest BCUT2D eigenvalue weighted by Crippen LogP contribution is -2.00. The van der Waals surface area contributed by atoms with E-state index in [0.29, 0.717) is 35.8 Å². The molecule has 0 atom stereocenters. The number of carbonyl (C=O) groups excluding carboxylic acids is 2. The highest BCUT2D eigenvalue weighted by Crippen LogP contribution is 2.18. The molecule has 0 aliphatic rings. The van der Waals surface area contributed by atoms with E-state index in [0.717, 1.165) is 11.1 Å². The Morgan fingerprint density at radius 1 is 0.643 bits per heavy atom. The second-order valence-electron chi connectivity index (χ2n) is 6.56. The number of hydrogen-bond donors (Lipinski definition) is 0. The summed E-state index contributed by atoms with van der Waals surface area (Å²) in [7, 11) is 0. The van der Waals surface area contributed by atoms with Crippen molar-refractivity contribution in [2.45, 2.75) is 27.1 Å². The van der Waals surface area contributed by atoms with Gasteiger partial charge in [-0.25, -0.2) is 0 Å². The van der Waals surface area contributed by atoms with E-state index in [-0.39, 0.29) is 11.6 Å². The van der Waals surface area contributed by atoms with Crippen molar-refractivity contribution in [3.63, 3.8) is 0 Å². The molecule has 3 rings (SSSR count). The van der Waals surface area contributed by atoms with Crippen LogP contribution in [0.15, 0.2) is 72.8 Å². The highest BCUT2D eigenvalue weighted by atomic mass is 16.5. The zero-order chi connectivity index (χ0) is 19.9. The van der Waals surface area contributed by atoms with Crippen LogP contribution in [-0.2, 0) is 13.2 Å². The van der Waals surface area contributed by atoms with Crippen molar-refractivity contribution in [3.05, 3.63) is 95.1 Å². The van der Waals surface area contributed by atoms with Crippen LogP contribution in [0.4, 0.5) is 0 Å². The molecule has 0 amide bonds. The summed E-state index contributed by atoms with van der Waals surface area (Å²) < 4.78 is 11.5. The van der Waals surface area contributed by atoms with Crippen LogP contribution in [0.3, 0.4) is 0 Å². The number of Topliss-reactive ketones (excluding diaryl/α,β-unsaturated/α-hetero) is 2. The molecule has 0 radical (unpaired) electrons. The Balaban J connectivity index is 1.55. The van der Waals surface area contributed by atoms with E-state index in [1.807, 2.05) is 48.5 Å². The van der Waals surface area contributed by atoms with Gasteiger partial charge >= 0.3 is 0 Å². The predicted molar refractivity (Wildman–Crippen MR) is 108 cm³/mol. The molecule has 3 aromatic carbocycles. The van der Waals surface area contributed by atoms with Crippen LogP contribution in [0, 0.1) is 0 Å². The van der Waals surface area contributed by atoms with Crippen LogP contribution < -0.4 is 9.47 Å². The number of ether oxygens (including phenoxy) is 2. The van der Waals surface area contributed by atoms with Gasteiger partial charge in [0.05, 0.1) is 0 Å². The van der Waals surface area contributed by atoms with Crippen LogP contribution in [0.25, 0.3) is 0 Å². The number of rotatable bonds is 8. The monoisotopic (exact) mass is 374 g/mol. The Morgan fingerprint density at radius 3 is 1.39 bits per heavy atom. The first-order chi connectivity index (χ1) is 13.5. The summed E-state index contributed by atoms with van der Waals surface area (Å²) >= 11 is 0. The Labute approximate surface area is 164 Å².